The Labute approximate surface area is 122 Å². The summed E-state index contributed by atoms with van der Waals surface area (Å²) in [6, 6.07) is 8.33. The molecule has 0 aliphatic heterocycles. The molecule has 2 aromatic rings. The number of aromatic nitrogens is 1. The van der Waals surface area contributed by atoms with E-state index in [9.17, 15) is 9.18 Å². The second kappa shape index (κ2) is 6.09. The van der Waals surface area contributed by atoms with Gasteiger partial charge in [0.1, 0.15) is 5.82 Å². The number of nitrogens with zero attached hydrogens (tertiary/aromatic N) is 1. The molecule has 5 heteroatoms. The summed E-state index contributed by atoms with van der Waals surface area (Å²) in [5.41, 5.74) is 2.34. The fourth-order valence-corrected chi connectivity index (χ4v) is 2.19. The maximum atomic E-state index is 13.6. The lowest BCUT2D eigenvalue weighted by Crippen LogP contribution is -2.26. The minimum Gasteiger partial charge on any atom is -0.350 e. The monoisotopic (exact) mass is 294 g/mol. The highest BCUT2D eigenvalue weighted by Crippen LogP contribution is 2.19. The van der Waals surface area contributed by atoms with Crippen LogP contribution in [0.3, 0.4) is 0 Å². The molecule has 0 unspecified atom stereocenters. The van der Waals surface area contributed by atoms with Crippen LogP contribution in [0.4, 0.5) is 4.39 Å². The van der Waals surface area contributed by atoms with E-state index in [1.807, 2.05) is 30.7 Å². The molecule has 1 aromatic heterocycles. The number of hydrogen-bond donors (Lipinski definition) is 1. The molecule has 0 radical (unpaired) electrons. The summed E-state index contributed by atoms with van der Waals surface area (Å²) in [6.07, 6.45) is -0.0606. The summed E-state index contributed by atoms with van der Waals surface area (Å²) in [6.45, 7) is 2.40. The average molecular weight is 295 g/mol. The van der Waals surface area contributed by atoms with E-state index in [4.69, 9.17) is 11.6 Å². The highest BCUT2D eigenvalue weighted by Gasteiger charge is 2.12. The average Bonchev–Trinajstić information content (AvgIpc) is 2.72. The summed E-state index contributed by atoms with van der Waals surface area (Å²) < 4.78 is 15.6. The van der Waals surface area contributed by atoms with E-state index in [1.54, 1.807) is 6.07 Å². The Bertz CT molecular complexity index is 617. The van der Waals surface area contributed by atoms with Crippen LogP contribution in [0.5, 0.6) is 0 Å². The topological polar surface area (TPSA) is 34.0 Å². The third-order valence-electron chi connectivity index (χ3n) is 3.34. The van der Waals surface area contributed by atoms with E-state index in [0.717, 1.165) is 11.4 Å². The van der Waals surface area contributed by atoms with Crippen molar-refractivity contribution in [3.63, 3.8) is 0 Å². The standard InChI is InChI=1S/C15H16ClFN2O/c1-10-6-7-11(19(10)2)9-18-15(20)8-12-13(16)4-3-5-14(12)17/h3-7H,8-9H2,1-2H3,(H,18,20). The molecule has 0 spiro atoms. The van der Waals surface area contributed by atoms with E-state index < -0.39 is 5.82 Å². The molecule has 20 heavy (non-hydrogen) atoms. The molecule has 1 heterocycles. The second-order valence-electron chi connectivity index (χ2n) is 4.68. The number of amides is 1. The zero-order valence-electron chi connectivity index (χ0n) is 11.4. The molecule has 106 valence electrons. The molecule has 0 aliphatic carbocycles. The molecule has 3 nitrogen and oxygen atoms in total. The van der Waals surface area contributed by atoms with Crippen molar-refractivity contribution in [1.29, 1.82) is 0 Å². The molecular weight excluding hydrogens is 279 g/mol. The molecule has 0 fully saturated rings. The number of carbonyl (C=O) groups excluding carboxylic acids is 1. The summed E-state index contributed by atoms with van der Waals surface area (Å²) >= 11 is 5.90. The summed E-state index contributed by atoms with van der Waals surface area (Å²) in [5.74, 6) is -0.710. The van der Waals surface area contributed by atoms with Gasteiger partial charge in [0, 0.05) is 29.0 Å². The SMILES string of the molecule is Cc1ccc(CNC(=O)Cc2c(F)cccc2Cl)n1C. The number of halogens is 2. The quantitative estimate of drug-likeness (QED) is 0.924. The molecule has 1 N–H and O–H groups in total. The highest BCUT2D eigenvalue weighted by molar-refractivity contribution is 6.31. The number of rotatable bonds is 4. The smallest absolute Gasteiger partial charge is 0.224 e. The van der Waals surface area contributed by atoms with Crippen LogP contribution in [-0.2, 0) is 24.8 Å². The third-order valence-corrected chi connectivity index (χ3v) is 3.70. The van der Waals surface area contributed by atoms with Gasteiger partial charge in [0.05, 0.1) is 13.0 Å². The van der Waals surface area contributed by atoms with Crippen molar-refractivity contribution >= 4 is 17.5 Å². The molecule has 0 saturated heterocycles. The van der Waals surface area contributed by atoms with E-state index >= 15 is 0 Å². The zero-order valence-corrected chi connectivity index (χ0v) is 12.2. The number of carbonyl (C=O) groups is 1. The number of aryl methyl sites for hydroxylation is 1. The Morgan fingerprint density at radius 1 is 1.35 bits per heavy atom. The van der Waals surface area contributed by atoms with Gasteiger partial charge >= 0.3 is 0 Å². The first-order valence-electron chi connectivity index (χ1n) is 6.30. The Morgan fingerprint density at radius 3 is 2.70 bits per heavy atom. The molecule has 0 saturated carbocycles. The van der Waals surface area contributed by atoms with Crippen molar-refractivity contribution < 1.29 is 9.18 Å². The molecule has 2 rings (SSSR count). The Kier molecular flexibility index (Phi) is 4.45. The number of hydrogen-bond acceptors (Lipinski definition) is 1. The first-order valence-corrected chi connectivity index (χ1v) is 6.67. The van der Waals surface area contributed by atoms with Crippen LogP contribution >= 0.6 is 11.6 Å². The Balaban J connectivity index is 1.98. The van der Waals surface area contributed by atoms with Gasteiger partial charge in [-0.05, 0) is 31.2 Å². The predicted molar refractivity (Wildman–Crippen MR) is 77.1 cm³/mol. The van der Waals surface area contributed by atoms with Gasteiger partial charge in [-0.25, -0.2) is 4.39 Å². The molecule has 0 atom stereocenters. The van der Waals surface area contributed by atoms with Crippen LogP contribution in [0.2, 0.25) is 5.02 Å². The molecule has 1 aromatic carbocycles. The van der Waals surface area contributed by atoms with Crippen LogP contribution in [0.25, 0.3) is 0 Å². The van der Waals surface area contributed by atoms with Gasteiger partial charge in [-0.15, -0.1) is 0 Å². The van der Waals surface area contributed by atoms with Crippen LogP contribution in [0, 0.1) is 12.7 Å². The summed E-state index contributed by atoms with van der Waals surface area (Å²) in [7, 11) is 1.94. The predicted octanol–water partition coefficient (Wildman–Crippen LogP) is 2.98. The third kappa shape index (κ3) is 3.20. The van der Waals surface area contributed by atoms with Gasteiger partial charge in [0.25, 0.3) is 0 Å². The lowest BCUT2D eigenvalue weighted by atomic mass is 10.1. The second-order valence-corrected chi connectivity index (χ2v) is 5.09. The fourth-order valence-electron chi connectivity index (χ4n) is 1.96. The van der Waals surface area contributed by atoms with Crippen molar-refractivity contribution in [2.75, 3.05) is 0 Å². The minimum atomic E-state index is -0.456. The lowest BCUT2D eigenvalue weighted by molar-refractivity contribution is -0.120. The van der Waals surface area contributed by atoms with Gasteiger partial charge < -0.3 is 9.88 Å². The van der Waals surface area contributed by atoms with Gasteiger partial charge in [0.15, 0.2) is 0 Å². The van der Waals surface area contributed by atoms with E-state index in [2.05, 4.69) is 5.32 Å². The van der Waals surface area contributed by atoms with Crippen molar-refractivity contribution in [1.82, 2.24) is 9.88 Å². The van der Waals surface area contributed by atoms with E-state index in [1.165, 1.54) is 12.1 Å². The maximum Gasteiger partial charge on any atom is 0.224 e. The van der Waals surface area contributed by atoms with Crippen molar-refractivity contribution in [2.45, 2.75) is 19.9 Å². The zero-order chi connectivity index (χ0) is 14.7. The van der Waals surface area contributed by atoms with Crippen molar-refractivity contribution in [3.05, 3.63) is 58.1 Å². The van der Waals surface area contributed by atoms with Gasteiger partial charge in [0.2, 0.25) is 5.91 Å². The fraction of sp³-hybridized carbons (Fsp3) is 0.267. The summed E-state index contributed by atoms with van der Waals surface area (Å²) in [5, 5.41) is 3.04. The molecule has 0 bridgehead atoms. The van der Waals surface area contributed by atoms with Crippen molar-refractivity contribution in [2.24, 2.45) is 7.05 Å². The van der Waals surface area contributed by atoms with Crippen molar-refractivity contribution in [3.8, 4) is 0 Å². The first kappa shape index (κ1) is 14.6. The molecular formula is C15H16ClFN2O. The first-order chi connectivity index (χ1) is 9.49. The minimum absolute atomic E-state index is 0.0606. The number of nitrogens with one attached hydrogen (secondary N) is 1. The van der Waals surface area contributed by atoms with Crippen LogP contribution < -0.4 is 5.32 Å². The van der Waals surface area contributed by atoms with Gasteiger partial charge in [-0.3, -0.25) is 4.79 Å². The highest BCUT2D eigenvalue weighted by atomic mass is 35.5. The normalized spacial score (nSPS) is 10.6. The van der Waals surface area contributed by atoms with Gasteiger partial charge in [-0.1, -0.05) is 17.7 Å². The van der Waals surface area contributed by atoms with E-state index in [0.29, 0.717) is 6.54 Å². The summed E-state index contributed by atoms with van der Waals surface area (Å²) in [4.78, 5) is 11.9. The Morgan fingerprint density at radius 2 is 2.10 bits per heavy atom. The largest absolute Gasteiger partial charge is 0.350 e. The molecule has 0 aliphatic rings. The Hall–Kier alpha value is -1.81. The molecule has 1 amide bonds. The lowest BCUT2D eigenvalue weighted by Gasteiger charge is -2.09. The van der Waals surface area contributed by atoms with Crippen LogP contribution in [0.1, 0.15) is 17.0 Å². The van der Waals surface area contributed by atoms with Crippen LogP contribution in [-0.4, -0.2) is 10.5 Å². The van der Waals surface area contributed by atoms with E-state index in [-0.39, 0.29) is 22.9 Å². The maximum absolute atomic E-state index is 13.6. The van der Waals surface area contributed by atoms with Gasteiger partial charge in [-0.2, -0.15) is 0 Å². The number of benzene rings is 1. The van der Waals surface area contributed by atoms with Crippen LogP contribution in [0.15, 0.2) is 30.3 Å².